The Bertz CT molecular complexity index is 1510. The molecule has 2 aliphatic rings. The fourth-order valence-electron chi connectivity index (χ4n) is 7.14. The number of aliphatic hydroxyl groups excluding tert-OH is 2. The molecule has 12 nitrogen and oxygen atoms in total. The molecule has 0 bridgehead atoms. The van der Waals surface area contributed by atoms with Gasteiger partial charge in [-0.25, -0.2) is 4.98 Å². The van der Waals surface area contributed by atoms with E-state index in [-0.39, 0.29) is 24.7 Å². The molecule has 9 atom stereocenters. The summed E-state index contributed by atoms with van der Waals surface area (Å²) in [5.74, 6) is -1.18. The van der Waals surface area contributed by atoms with Gasteiger partial charge in [-0.1, -0.05) is 68.5 Å². The van der Waals surface area contributed by atoms with Crippen molar-refractivity contribution in [3.8, 4) is 0 Å². The number of methoxy groups -OCH3 is 1. The number of hydrogen-bond donors (Lipinski definition) is 5. The molecule has 1 aliphatic carbocycles. The Morgan fingerprint density at radius 2 is 1.82 bits per heavy atom. The van der Waals surface area contributed by atoms with Crippen LogP contribution in [0.1, 0.15) is 59.6 Å². The standard InChI is InChI=1S/C38H55N3O9/c1-23(17-13-10-11-14-18-28-22-41-27(5)50-28)33(44)36(6,7)34(45)40-20-16-12-15-19-29(42)24(2)21-30(48-9)38(47)25(3)31(43)32(39-8)37(38)26(4)49-35(37)46/h10-17,19,22,24-26,29-30,32-33,39,42,44,47H,18,20-21H2,1-9H3,(H,40,45)/b13-10?,14-11+,16-12+,19-15+,23-17?. The van der Waals surface area contributed by atoms with E-state index >= 15 is 0 Å². The van der Waals surface area contributed by atoms with E-state index in [1.807, 2.05) is 18.2 Å². The number of allylic oxidation sites excluding steroid dienone is 7. The van der Waals surface area contributed by atoms with Crippen LogP contribution in [-0.2, 0) is 30.3 Å². The van der Waals surface area contributed by atoms with Crippen molar-refractivity contribution in [2.24, 2.45) is 22.7 Å². The number of rotatable bonds is 17. The molecule has 0 radical (unpaired) electrons. The number of carbonyl (C=O) groups is 3. The van der Waals surface area contributed by atoms with Crippen LogP contribution in [-0.4, -0.2) is 94.7 Å². The highest BCUT2D eigenvalue weighted by Crippen LogP contribution is 2.59. The van der Waals surface area contributed by atoms with Gasteiger partial charge in [0.25, 0.3) is 0 Å². The number of aliphatic hydroxyl groups is 3. The minimum Gasteiger partial charge on any atom is -0.461 e. The predicted octanol–water partition coefficient (Wildman–Crippen LogP) is 3.07. The lowest BCUT2D eigenvalue weighted by atomic mass is 9.60. The Labute approximate surface area is 295 Å². The number of aromatic nitrogens is 1. The van der Waals surface area contributed by atoms with Crippen molar-refractivity contribution in [1.29, 1.82) is 0 Å². The van der Waals surface area contributed by atoms with Crippen LogP contribution in [0, 0.1) is 29.6 Å². The van der Waals surface area contributed by atoms with Gasteiger partial charge in [0.15, 0.2) is 17.1 Å². The number of cyclic esters (lactones) is 1. The quantitative estimate of drug-likeness (QED) is 0.119. The fraction of sp³-hybridized carbons (Fsp3) is 0.579. The Kier molecular flexibility index (Phi) is 13.9. The van der Waals surface area contributed by atoms with Crippen LogP contribution in [0.3, 0.4) is 0 Å². The van der Waals surface area contributed by atoms with Gasteiger partial charge in [0.1, 0.15) is 17.5 Å². The molecule has 1 amide bonds. The first kappa shape index (κ1) is 40.7. The second-order valence-electron chi connectivity index (χ2n) is 13.9. The Morgan fingerprint density at radius 1 is 1.14 bits per heavy atom. The number of ether oxygens (including phenoxy) is 2. The van der Waals surface area contributed by atoms with Crippen LogP contribution in [0.25, 0.3) is 0 Å². The maximum Gasteiger partial charge on any atom is 0.321 e. The average Bonchev–Trinajstić information content (AvgIpc) is 3.58. The molecule has 2 heterocycles. The summed E-state index contributed by atoms with van der Waals surface area (Å²) >= 11 is 0. The number of ketones is 1. The van der Waals surface area contributed by atoms with Gasteiger partial charge in [0.2, 0.25) is 5.91 Å². The van der Waals surface area contributed by atoms with Crippen LogP contribution < -0.4 is 10.6 Å². The number of esters is 1. The van der Waals surface area contributed by atoms with Gasteiger partial charge in [-0.2, -0.15) is 0 Å². The molecule has 12 heteroatoms. The summed E-state index contributed by atoms with van der Waals surface area (Å²) in [6, 6.07) is -0.923. The summed E-state index contributed by atoms with van der Waals surface area (Å²) in [5.41, 5.74) is -3.80. The zero-order valence-corrected chi connectivity index (χ0v) is 30.7. The zero-order chi connectivity index (χ0) is 37.4. The molecule has 1 saturated heterocycles. The zero-order valence-electron chi connectivity index (χ0n) is 30.7. The molecule has 2 fully saturated rings. The van der Waals surface area contributed by atoms with Crippen molar-refractivity contribution >= 4 is 17.7 Å². The molecule has 1 spiro atoms. The highest BCUT2D eigenvalue weighted by molar-refractivity contribution is 6.02. The monoisotopic (exact) mass is 697 g/mol. The molecule has 1 saturated carbocycles. The van der Waals surface area contributed by atoms with Crippen LogP contribution in [0.4, 0.5) is 0 Å². The molecule has 50 heavy (non-hydrogen) atoms. The predicted molar refractivity (Wildman–Crippen MR) is 189 cm³/mol. The van der Waals surface area contributed by atoms with Crippen molar-refractivity contribution in [1.82, 2.24) is 15.6 Å². The van der Waals surface area contributed by atoms with Crippen LogP contribution in [0.2, 0.25) is 0 Å². The topological polar surface area (TPSA) is 180 Å². The first-order valence-electron chi connectivity index (χ1n) is 17.1. The summed E-state index contributed by atoms with van der Waals surface area (Å²) in [6.07, 6.45) is 14.7. The Balaban J connectivity index is 1.51. The molecular formula is C38H55N3O9. The molecule has 9 unspecified atom stereocenters. The number of aryl methyl sites for hydroxylation is 1. The molecule has 3 rings (SSSR count). The van der Waals surface area contributed by atoms with Gasteiger partial charge >= 0.3 is 5.97 Å². The van der Waals surface area contributed by atoms with Crippen LogP contribution in [0.15, 0.2) is 70.9 Å². The minimum atomic E-state index is -1.85. The van der Waals surface area contributed by atoms with E-state index < -0.39 is 64.7 Å². The molecule has 1 aromatic rings. The summed E-state index contributed by atoms with van der Waals surface area (Å²) < 4.78 is 16.4. The van der Waals surface area contributed by atoms with E-state index in [1.54, 1.807) is 98.2 Å². The van der Waals surface area contributed by atoms with E-state index in [9.17, 15) is 29.7 Å². The summed E-state index contributed by atoms with van der Waals surface area (Å²) in [7, 11) is 2.99. The SMILES string of the molecule is CNC1C(=O)C(C)C(O)(C(CC(C)C(O)/C=C/C=C/CNC(=O)C(C)(C)C(O)C(C)=CC=C/C=C/Cc2cnc(C)o2)OC)C12C(=O)OC2C. The molecular weight excluding hydrogens is 642 g/mol. The number of Topliss-reactive ketones (excluding diaryl/α,β-unsaturated/α-hetero) is 1. The molecule has 1 aromatic heterocycles. The largest absolute Gasteiger partial charge is 0.461 e. The van der Waals surface area contributed by atoms with Gasteiger partial charge in [0, 0.05) is 32.9 Å². The third-order valence-corrected chi connectivity index (χ3v) is 10.3. The molecule has 1 aliphatic heterocycles. The van der Waals surface area contributed by atoms with Gasteiger partial charge in [0.05, 0.1) is 36.0 Å². The summed E-state index contributed by atoms with van der Waals surface area (Å²) in [5, 5.41) is 39.6. The number of hydrogen-bond acceptors (Lipinski definition) is 11. The lowest BCUT2D eigenvalue weighted by Crippen LogP contribution is -2.75. The van der Waals surface area contributed by atoms with E-state index in [1.165, 1.54) is 7.11 Å². The highest BCUT2D eigenvalue weighted by Gasteiger charge is 2.81. The van der Waals surface area contributed by atoms with Gasteiger partial charge in [-0.15, -0.1) is 0 Å². The van der Waals surface area contributed by atoms with Crippen molar-refractivity contribution < 1.29 is 43.6 Å². The summed E-state index contributed by atoms with van der Waals surface area (Å²) in [6.45, 7) is 12.2. The first-order valence-corrected chi connectivity index (χ1v) is 17.1. The van der Waals surface area contributed by atoms with Crippen molar-refractivity contribution in [2.45, 2.75) is 97.4 Å². The molecule has 0 aromatic carbocycles. The fourth-order valence-corrected chi connectivity index (χ4v) is 7.14. The second kappa shape index (κ2) is 17.0. The maximum atomic E-state index is 13.2. The first-order chi connectivity index (χ1) is 23.5. The Hall–Kier alpha value is -3.68. The van der Waals surface area contributed by atoms with Gasteiger partial charge < -0.3 is 39.8 Å². The molecule has 276 valence electrons. The second-order valence-corrected chi connectivity index (χ2v) is 13.9. The average molecular weight is 698 g/mol. The Morgan fingerprint density at radius 3 is 2.40 bits per heavy atom. The smallest absolute Gasteiger partial charge is 0.321 e. The maximum absolute atomic E-state index is 13.2. The number of nitrogens with zero attached hydrogens (tertiary/aromatic N) is 1. The highest BCUT2D eigenvalue weighted by atomic mass is 16.6. The van der Waals surface area contributed by atoms with E-state index in [0.717, 1.165) is 5.76 Å². The minimum absolute atomic E-state index is 0.162. The number of amides is 1. The van der Waals surface area contributed by atoms with Crippen LogP contribution >= 0.6 is 0 Å². The number of likely N-dealkylation sites (N-methyl/N-ethyl adjacent to an activating group) is 1. The van der Waals surface area contributed by atoms with Crippen molar-refractivity contribution in [3.05, 3.63) is 78.1 Å². The normalized spacial score (nSPS) is 28.6. The lowest BCUT2D eigenvalue weighted by molar-refractivity contribution is -0.268. The molecule has 5 N–H and O–H groups in total. The van der Waals surface area contributed by atoms with E-state index in [0.29, 0.717) is 17.9 Å². The third-order valence-electron chi connectivity index (χ3n) is 10.3. The van der Waals surface area contributed by atoms with Crippen molar-refractivity contribution in [3.63, 3.8) is 0 Å². The number of carbonyl (C=O) groups excluding carboxylic acids is 3. The van der Waals surface area contributed by atoms with Crippen LogP contribution in [0.5, 0.6) is 0 Å². The van der Waals surface area contributed by atoms with Gasteiger partial charge in [-0.3, -0.25) is 14.4 Å². The third kappa shape index (κ3) is 7.94. The summed E-state index contributed by atoms with van der Waals surface area (Å²) in [4.78, 5) is 43.1. The number of nitrogens with one attached hydrogen (secondary N) is 2. The van der Waals surface area contributed by atoms with Gasteiger partial charge in [-0.05, 0) is 52.7 Å². The van der Waals surface area contributed by atoms with Crippen molar-refractivity contribution in [2.75, 3.05) is 20.7 Å². The van der Waals surface area contributed by atoms with E-state index in [2.05, 4.69) is 15.6 Å². The number of oxazole rings is 1. The van der Waals surface area contributed by atoms with E-state index in [4.69, 9.17) is 13.9 Å². The lowest BCUT2D eigenvalue weighted by Gasteiger charge is -2.55.